The number of likely N-dealkylation sites (N-methyl/N-ethyl adjacent to an activating group) is 2. The van der Waals surface area contributed by atoms with Crippen molar-refractivity contribution in [2.75, 3.05) is 47.3 Å². The topological polar surface area (TPSA) is 65.5 Å². The summed E-state index contributed by atoms with van der Waals surface area (Å²) in [6.45, 7) is 3.57. The standard InChI is InChI=1S/C20H28N6O/c1-24(2)10-11-25(3)18-7-5-9-26(15-18)20(27)17-13-22-19(23-14-17)16-6-4-8-21-12-16/h4,6,8,12-14,18H,5,7,9-11,15H2,1-3H3/t18-/m0/s1. The largest absolute Gasteiger partial charge is 0.337 e. The molecule has 3 heterocycles. The van der Waals surface area contributed by atoms with Crippen LogP contribution in [0.2, 0.25) is 0 Å². The zero-order chi connectivity index (χ0) is 19.2. The highest BCUT2D eigenvalue weighted by atomic mass is 16.2. The summed E-state index contributed by atoms with van der Waals surface area (Å²) in [4.78, 5) is 32.2. The third-order valence-electron chi connectivity index (χ3n) is 5.03. The van der Waals surface area contributed by atoms with Gasteiger partial charge in [-0.15, -0.1) is 0 Å². The number of nitrogens with zero attached hydrogens (tertiary/aromatic N) is 6. The Morgan fingerprint density at radius 3 is 2.63 bits per heavy atom. The van der Waals surface area contributed by atoms with Gasteiger partial charge in [0, 0.05) is 62.6 Å². The Morgan fingerprint density at radius 1 is 1.19 bits per heavy atom. The van der Waals surface area contributed by atoms with Crippen LogP contribution in [0.25, 0.3) is 11.4 Å². The van der Waals surface area contributed by atoms with Crippen molar-refractivity contribution in [3.63, 3.8) is 0 Å². The van der Waals surface area contributed by atoms with Crippen molar-refractivity contribution in [2.24, 2.45) is 0 Å². The van der Waals surface area contributed by atoms with E-state index in [1.165, 1.54) is 0 Å². The molecule has 1 aliphatic rings. The van der Waals surface area contributed by atoms with Crippen LogP contribution >= 0.6 is 0 Å². The first-order chi connectivity index (χ1) is 13.0. The number of pyridine rings is 1. The highest BCUT2D eigenvalue weighted by molar-refractivity contribution is 5.93. The summed E-state index contributed by atoms with van der Waals surface area (Å²) in [6.07, 6.45) is 8.83. The molecular weight excluding hydrogens is 340 g/mol. The zero-order valence-electron chi connectivity index (χ0n) is 16.4. The van der Waals surface area contributed by atoms with Crippen molar-refractivity contribution < 1.29 is 4.79 Å². The van der Waals surface area contributed by atoms with Gasteiger partial charge in [-0.05, 0) is 46.1 Å². The van der Waals surface area contributed by atoms with Gasteiger partial charge in [0.25, 0.3) is 5.91 Å². The Balaban J connectivity index is 1.63. The van der Waals surface area contributed by atoms with Crippen molar-refractivity contribution in [1.29, 1.82) is 0 Å². The fraction of sp³-hybridized carbons (Fsp3) is 0.500. The SMILES string of the molecule is CN(C)CCN(C)[C@H]1CCCN(C(=O)c2cnc(-c3cccnc3)nc2)C1. The quantitative estimate of drug-likeness (QED) is 0.772. The van der Waals surface area contributed by atoms with Crippen LogP contribution in [0, 0.1) is 0 Å². The summed E-state index contributed by atoms with van der Waals surface area (Å²) in [5.74, 6) is 0.595. The lowest BCUT2D eigenvalue weighted by Crippen LogP contribution is -2.49. The van der Waals surface area contributed by atoms with Gasteiger partial charge in [0.15, 0.2) is 5.82 Å². The molecule has 0 bridgehead atoms. The summed E-state index contributed by atoms with van der Waals surface area (Å²) in [5, 5.41) is 0. The first-order valence-electron chi connectivity index (χ1n) is 9.41. The van der Waals surface area contributed by atoms with Gasteiger partial charge in [-0.3, -0.25) is 9.78 Å². The molecule has 0 aliphatic carbocycles. The molecule has 7 heteroatoms. The second-order valence-corrected chi connectivity index (χ2v) is 7.37. The Labute approximate surface area is 161 Å². The summed E-state index contributed by atoms with van der Waals surface area (Å²) >= 11 is 0. The fourth-order valence-corrected chi connectivity index (χ4v) is 3.30. The number of carbonyl (C=O) groups excluding carboxylic acids is 1. The minimum Gasteiger partial charge on any atom is -0.337 e. The third kappa shape index (κ3) is 5.08. The zero-order valence-corrected chi connectivity index (χ0v) is 16.4. The van der Waals surface area contributed by atoms with Crippen molar-refractivity contribution in [3.8, 4) is 11.4 Å². The number of carbonyl (C=O) groups is 1. The van der Waals surface area contributed by atoms with Crippen LogP contribution < -0.4 is 0 Å². The summed E-state index contributed by atoms with van der Waals surface area (Å²) < 4.78 is 0. The lowest BCUT2D eigenvalue weighted by atomic mass is 10.0. The molecule has 1 fully saturated rings. The van der Waals surface area contributed by atoms with E-state index in [2.05, 4.69) is 45.9 Å². The van der Waals surface area contributed by atoms with Gasteiger partial charge in [-0.1, -0.05) is 0 Å². The molecule has 0 N–H and O–H groups in total. The predicted octanol–water partition coefficient (Wildman–Crippen LogP) is 1.64. The van der Waals surface area contributed by atoms with Gasteiger partial charge in [-0.2, -0.15) is 0 Å². The lowest BCUT2D eigenvalue weighted by Gasteiger charge is -2.38. The smallest absolute Gasteiger partial charge is 0.257 e. The van der Waals surface area contributed by atoms with E-state index < -0.39 is 0 Å². The molecule has 0 radical (unpaired) electrons. The number of hydrogen-bond donors (Lipinski definition) is 0. The molecule has 0 spiro atoms. The number of rotatable bonds is 6. The van der Waals surface area contributed by atoms with E-state index in [1.54, 1.807) is 24.8 Å². The van der Waals surface area contributed by atoms with Crippen molar-refractivity contribution in [2.45, 2.75) is 18.9 Å². The molecule has 0 saturated carbocycles. The van der Waals surface area contributed by atoms with E-state index in [-0.39, 0.29) is 5.91 Å². The Hall–Kier alpha value is -2.38. The molecule has 1 atom stereocenters. The maximum atomic E-state index is 12.9. The van der Waals surface area contributed by atoms with Crippen molar-refractivity contribution >= 4 is 5.91 Å². The molecule has 1 aliphatic heterocycles. The highest BCUT2D eigenvalue weighted by Gasteiger charge is 2.27. The van der Waals surface area contributed by atoms with Gasteiger partial charge < -0.3 is 14.7 Å². The first-order valence-corrected chi connectivity index (χ1v) is 9.41. The molecule has 0 unspecified atom stereocenters. The molecule has 1 amide bonds. The van der Waals surface area contributed by atoms with Gasteiger partial charge in [0.05, 0.1) is 5.56 Å². The molecule has 27 heavy (non-hydrogen) atoms. The number of likely N-dealkylation sites (tertiary alicyclic amines) is 1. The van der Waals surface area contributed by atoms with E-state index in [0.29, 0.717) is 17.4 Å². The average molecular weight is 368 g/mol. The minimum atomic E-state index is 0.0125. The van der Waals surface area contributed by atoms with E-state index in [9.17, 15) is 4.79 Å². The highest BCUT2D eigenvalue weighted by Crippen LogP contribution is 2.18. The van der Waals surface area contributed by atoms with Crippen molar-refractivity contribution in [3.05, 3.63) is 42.5 Å². The number of aromatic nitrogens is 3. The predicted molar refractivity (Wildman–Crippen MR) is 105 cm³/mol. The maximum absolute atomic E-state index is 12.9. The molecule has 2 aromatic heterocycles. The molecule has 0 aromatic carbocycles. The molecular formula is C20H28N6O. The van der Waals surface area contributed by atoms with Gasteiger partial charge >= 0.3 is 0 Å². The van der Waals surface area contributed by atoms with E-state index in [1.807, 2.05) is 17.0 Å². The van der Waals surface area contributed by atoms with Crippen LogP contribution in [0.1, 0.15) is 23.2 Å². The lowest BCUT2D eigenvalue weighted by molar-refractivity contribution is 0.0603. The van der Waals surface area contributed by atoms with Crippen LogP contribution in [0.3, 0.4) is 0 Å². The molecule has 144 valence electrons. The van der Waals surface area contributed by atoms with E-state index >= 15 is 0 Å². The number of amides is 1. The number of hydrogen-bond acceptors (Lipinski definition) is 6. The molecule has 1 saturated heterocycles. The first kappa shape index (κ1) is 19.4. The van der Waals surface area contributed by atoms with Gasteiger partial charge in [-0.25, -0.2) is 9.97 Å². The maximum Gasteiger partial charge on any atom is 0.257 e. The van der Waals surface area contributed by atoms with Gasteiger partial charge in [0.1, 0.15) is 0 Å². The Morgan fingerprint density at radius 2 is 1.96 bits per heavy atom. The Bertz CT molecular complexity index is 734. The summed E-state index contributed by atoms with van der Waals surface area (Å²) in [7, 11) is 6.31. The third-order valence-corrected chi connectivity index (χ3v) is 5.03. The summed E-state index contributed by atoms with van der Waals surface area (Å²) in [5.41, 5.74) is 1.39. The second-order valence-electron chi connectivity index (χ2n) is 7.37. The fourth-order valence-electron chi connectivity index (χ4n) is 3.30. The average Bonchev–Trinajstić information content (AvgIpc) is 2.72. The number of piperidine rings is 1. The van der Waals surface area contributed by atoms with Gasteiger partial charge in [0.2, 0.25) is 0 Å². The van der Waals surface area contributed by atoms with Crippen LogP contribution in [0.5, 0.6) is 0 Å². The normalized spacial score (nSPS) is 17.5. The van der Waals surface area contributed by atoms with Crippen LogP contribution in [-0.2, 0) is 0 Å². The second kappa shape index (κ2) is 9.01. The van der Waals surface area contributed by atoms with Crippen LogP contribution in [0.15, 0.2) is 36.9 Å². The molecule has 2 aromatic rings. The molecule has 7 nitrogen and oxygen atoms in total. The van der Waals surface area contributed by atoms with E-state index in [4.69, 9.17) is 0 Å². The monoisotopic (exact) mass is 368 g/mol. The summed E-state index contributed by atoms with van der Waals surface area (Å²) in [6, 6.07) is 4.15. The minimum absolute atomic E-state index is 0.0125. The Kier molecular flexibility index (Phi) is 6.47. The van der Waals surface area contributed by atoms with Crippen molar-refractivity contribution in [1.82, 2.24) is 29.7 Å². The molecule has 3 rings (SSSR count). The van der Waals surface area contributed by atoms with Crippen LogP contribution in [-0.4, -0.2) is 88.9 Å². The van der Waals surface area contributed by atoms with Crippen LogP contribution in [0.4, 0.5) is 0 Å². The van der Waals surface area contributed by atoms with E-state index in [0.717, 1.165) is 44.6 Å².